The van der Waals surface area contributed by atoms with Gasteiger partial charge in [0.05, 0.1) is 0 Å². The number of thiophene rings is 1. The zero-order valence-corrected chi connectivity index (χ0v) is 8.75. The van der Waals surface area contributed by atoms with Gasteiger partial charge in [-0.25, -0.2) is 0 Å². The quantitative estimate of drug-likeness (QED) is 0.689. The average Bonchev–Trinajstić information content (AvgIpc) is 2.75. The van der Waals surface area contributed by atoms with Gasteiger partial charge in [0.15, 0.2) is 0 Å². The second-order valence-corrected chi connectivity index (χ2v) is 5.20. The second-order valence-electron chi connectivity index (χ2n) is 2.89. The molecule has 2 heterocycles. The van der Waals surface area contributed by atoms with Gasteiger partial charge < -0.3 is 0 Å². The van der Waals surface area contributed by atoms with E-state index in [2.05, 4.69) is 30.5 Å². The van der Waals surface area contributed by atoms with Crippen molar-refractivity contribution in [1.29, 1.82) is 0 Å². The smallest absolute Gasteiger partial charge is 0.0467 e. The summed E-state index contributed by atoms with van der Waals surface area (Å²) in [5.41, 5.74) is 0. The molecule has 0 aliphatic carbocycles. The maximum Gasteiger partial charge on any atom is 0.0467 e. The van der Waals surface area contributed by atoms with E-state index in [-0.39, 0.29) is 0 Å². The molecule has 1 aliphatic heterocycles. The van der Waals surface area contributed by atoms with Gasteiger partial charge in [-0.3, -0.25) is 0 Å². The van der Waals surface area contributed by atoms with Crippen LogP contribution in [-0.2, 0) is 6.42 Å². The summed E-state index contributed by atoms with van der Waals surface area (Å²) < 4.78 is 0. The third kappa shape index (κ3) is 1.59. The molecule has 1 atom stereocenters. The minimum atomic E-state index is 0.718. The largest absolute Gasteiger partial charge is 0.144 e. The molecule has 0 spiro atoms. The van der Waals surface area contributed by atoms with E-state index in [4.69, 9.17) is 0 Å². The molecular formula is C10H12S2. The third-order valence-electron chi connectivity index (χ3n) is 2.04. The van der Waals surface area contributed by atoms with E-state index in [1.807, 2.05) is 23.1 Å². The lowest BCUT2D eigenvalue weighted by Crippen LogP contribution is -1.81. The van der Waals surface area contributed by atoms with Gasteiger partial charge in [-0.2, -0.15) is 0 Å². The van der Waals surface area contributed by atoms with Gasteiger partial charge >= 0.3 is 0 Å². The molecule has 0 bridgehead atoms. The molecule has 2 rings (SSSR count). The lowest BCUT2D eigenvalue weighted by Gasteiger charge is -2.03. The van der Waals surface area contributed by atoms with Crippen molar-refractivity contribution >= 4 is 23.1 Å². The first-order valence-corrected chi connectivity index (χ1v) is 6.05. The molecular weight excluding hydrogens is 184 g/mol. The number of aryl methyl sites for hydroxylation is 1. The van der Waals surface area contributed by atoms with Crippen LogP contribution in [0.1, 0.15) is 28.3 Å². The molecule has 0 fully saturated rings. The van der Waals surface area contributed by atoms with Crippen LogP contribution in [0, 0.1) is 0 Å². The van der Waals surface area contributed by atoms with Crippen molar-refractivity contribution in [3.05, 3.63) is 33.4 Å². The van der Waals surface area contributed by atoms with E-state index in [0.29, 0.717) is 0 Å². The summed E-state index contributed by atoms with van der Waals surface area (Å²) in [4.78, 5) is 3.05. The van der Waals surface area contributed by atoms with E-state index in [1.54, 1.807) is 4.88 Å². The zero-order valence-electron chi connectivity index (χ0n) is 7.12. The minimum Gasteiger partial charge on any atom is -0.144 e. The Kier molecular flexibility index (Phi) is 2.57. The molecule has 1 aliphatic rings. The Labute approximate surface area is 81.7 Å². The van der Waals surface area contributed by atoms with Gasteiger partial charge in [0.25, 0.3) is 0 Å². The first-order valence-electron chi connectivity index (χ1n) is 4.29. The van der Waals surface area contributed by atoms with Crippen molar-refractivity contribution in [3.8, 4) is 0 Å². The van der Waals surface area contributed by atoms with Crippen LogP contribution < -0.4 is 0 Å². The molecule has 1 aromatic heterocycles. The maximum absolute atomic E-state index is 2.29. The summed E-state index contributed by atoms with van der Waals surface area (Å²) >= 11 is 3.92. The first-order chi connectivity index (χ1) is 5.90. The molecule has 64 valence electrons. The highest BCUT2D eigenvalue weighted by Gasteiger charge is 2.14. The van der Waals surface area contributed by atoms with Gasteiger partial charge in [-0.15, -0.1) is 23.1 Å². The van der Waals surface area contributed by atoms with Crippen LogP contribution in [0.5, 0.6) is 0 Å². The zero-order chi connectivity index (χ0) is 8.39. The third-order valence-corrected chi connectivity index (χ3v) is 4.65. The Morgan fingerprint density at radius 1 is 1.50 bits per heavy atom. The summed E-state index contributed by atoms with van der Waals surface area (Å²) in [6.07, 6.45) is 4.66. The Bertz CT molecular complexity index is 278. The molecule has 0 N–H and O–H groups in total. The number of rotatable bonds is 2. The van der Waals surface area contributed by atoms with Gasteiger partial charge in [-0.05, 0) is 30.4 Å². The van der Waals surface area contributed by atoms with Gasteiger partial charge in [0.1, 0.15) is 0 Å². The SMILES string of the molecule is CCc1ccc(C2CC=CS2)s1. The van der Waals surface area contributed by atoms with E-state index < -0.39 is 0 Å². The highest BCUT2D eigenvalue weighted by Crippen LogP contribution is 2.41. The van der Waals surface area contributed by atoms with Gasteiger partial charge in [0, 0.05) is 15.0 Å². The Morgan fingerprint density at radius 3 is 3.00 bits per heavy atom. The Hall–Kier alpha value is -0.210. The molecule has 0 saturated heterocycles. The van der Waals surface area contributed by atoms with Gasteiger partial charge in [-0.1, -0.05) is 13.0 Å². The monoisotopic (exact) mass is 196 g/mol. The number of allylic oxidation sites excluding steroid dienone is 1. The molecule has 1 aromatic rings. The number of hydrogen-bond acceptors (Lipinski definition) is 2. The molecule has 0 aromatic carbocycles. The topological polar surface area (TPSA) is 0 Å². The average molecular weight is 196 g/mol. The Morgan fingerprint density at radius 2 is 2.42 bits per heavy atom. The van der Waals surface area contributed by atoms with Crippen molar-refractivity contribution in [3.63, 3.8) is 0 Å². The summed E-state index contributed by atoms with van der Waals surface area (Å²) in [5.74, 6) is 0. The molecule has 0 nitrogen and oxygen atoms in total. The van der Waals surface area contributed by atoms with Crippen molar-refractivity contribution < 1.29 is 0 Å². The summed E-state index contributed by atoms with van der Waals surface area (Å²) in [6.45, 7) is 2.22. The normalized spacial score (nSPS) is 21.9. The van der Waals surface area contributed by atoms with Crippen molar-refractivity contribution in [2.45, 2.75) is 25.0 Å². The maximum atomic E-state index is 2.29. The Balaban J connectivity index is 2.12. The van der Waals surface area contributed by atoms with Crippen molar-refractivity contribution in [1.82, 2.24) is 0 Å². The van der Waals surface area contributed by atoms with E-state index in [1.165, 1.54) is 17.7 Å². The number of hydrogen-bond donors (Lipinski definition) is 0. The fourth-order valence-electron chi connectivity index (χ4n) is 1.33. The minimum absolute atomic E-state index is 0.718. The predicted octanol–water partition coefficient (Wildman–Crippen LogP) is 4.00. The molecule has 1 unspecified atom stereocenters. The van der Waals surface area contributed by atoms with Crippen LogP contribution in [0.4, 0.5) is 0 Å². The molecule has 12 heavy (non-hydrogen) atoms. The summed E-state index contributed by atoms with van der Waals surface area (Å²) in [7, 11) is 0. The molecule has 0 saturated carbocycles. The fourth-order valence-corrected chi connectivity index (χ4v) is 3.43. The predicted molar refractivity (Wildman–Crippen MR) is 57.8 cm³/mol. The highest BCUT2D eigenvalue weighted by molar-refractivity contribution is 8.02. The van der Waals surface area contributed by atoms with E-state index in [0.717, 1.165) is 5.25 Å². The first kappa shape index (κ1) is 8.39. The van der Waals surface area contributed by atoms with Crippen molar-refractivity contribution in [2.24, 2.45) is 0 Å². The highest BCUT2D eigenvalue weighted by atomic mass is 32.2. The van der Waals surface area contributed by atoms with Crippen LogP contribution >= 0.6 is 23.1 Å². The lowest BCUT2D eigenvalue weighted by atomic mass is 10.2. The lowest BCUT2D eigenvalue weighted by molar-refractivity contribution is 1.02. The van der Waals surface area contributed by atoms with E-state index in [9.17, 15) is 0 Å². The van der Waals surface area contributed by atoms with Crippen LogP contribution in [0.25, 0.3) is 0 Å². The fraction of sp³-hybridized carbons (Fsp3) is 0.400. The summed E-state index contributed by atoms with van der Waals surface area (Å²) in [6, 6.07) is 4.55. The standard InChI is InChI=1S/C10H12S2/c1-2-8-5-6-10(12-8)9-4-3-7-11-9/h3,5-7,9H,2,4H2,1H3. The summed E-state index contributed by atoms with van der Waals surface area (Å²) in [5, 5.41) is 2.94. The van der Waals surface area contributed by atoms with Gasteiger partial charge in [0.2, 0.25) is 0 Å². The number of thioether (sulfide) groups is 1. The van der Waals surface area contributed by atoms with Crippen LogP contribution in [0.2, 0.25) is 0 Å². The second kappa shape index (κ2) is 3.67. The molecule has 0 radical (unpaired) electrons. The van der Waals surface area contributed by atoms with E-state index >= 15 is 0 Å². The van der Waals surface area contributed by atoms with Crippen LogP contribution in [0.15, 0.2) is 23.6 Å². The molecule has 0 amide bonds. The van der Waals surface area contributed by atoms with Crippen LogP contribution in [-0.4, -0.2) is 0 Å². The molecule has 2 heteroatoms. The van der Waals surface area contributed by atoms with Crippen molar-refractivity contribution in [2.75, 3.05) is 0 Å². The van der Waals surface area contributed by atoms with Crippen LogP contribution in [0.3, 0.4) is 0 Å².